The van der Waals surface area contributed by atoms with E-state index in [1.165, 1.54) is 16.9 Å². The SMILES string of the molecule is CC[C@H]1C(=O)N(C)C[C@H](OC)Cn2c(C)nc3ccnc(c32)-c2cccc(n2)NCN1c1nc(N2[C@@H]3CN(C4CC4)C(=O)[C@@]2(C)C3)nc2c1cnn2-c1ccc(F)cc1F. The summed E-state index contributed by atoms with van der Waals surface area (Å²) in [5.41, 5.74) is 2.17. The van der Waals surface area contributed by atoms with Gasteiger partial charge < -0.3 is 34.2 Å². The Bertz CT molecular complexity index is 2700. The number of amides is 2. The van der Waals surface area contributed by atoms with Gasteiger partial charge in [0, 0.05) is 52.0 Å². The molecule has 4 bridgehead atoms. The van der Waals surface area contributed by atoms with Crippen LogP contribution in [0.2, 0.25) is 0 Å². The molecule has 4 aliphatic heterocycles. The van der Waals surface area contributed by atoms with Gasteiger partial charge in [-0.25, -0.2) is 23.4 Å². The largest absolute Gasteiger partial charge is 0.378 e. The van der Waals surface area contributed by atoms with Crippen LogP contribution >= 0.6 is 0 Å². The Balaban J connectivity index is 1.14. The van der Waals surface area contributed by atoms with Gasteiger partial charge in [-0.05, 0) is 63.4 Å². The summed E-state index contributed by atoms with van der Waals surface area (Å²) in [6.45, 7) is 7.03. The highest BCUT2D eigenvalue weighted by Crippen LogP contribution is 2.48. The van der Waals surface area contributed by atoms with Gasteiger partial charge in [-0.15, -0.1) is 0 Å². The Morgan fingerprint density at radius 3 is 2.58 bits per heavy atom. The lowest BCUT2D eigenvalue weighted by atomic mass is 9.75. The highest BCUT2D eigenvalue weighted by molar-refractivity contribution is 5.96. The summed E-state index contributed by atoms with van der Waals surface area (Å²) >= 11 is 0. The third-order valence-electron chi connectivity index (χ3n) is 12.6. The lowest BCUT2D eigenvalue weighted by molar-refractivity contribution is -0.147. The summed E-state index contributed by atoms with van der Waals surface area (Å²) < 4.78 is 39.1. The predicted molar refractivity (Wildman–Crippen MR) is 220 cm³/mol. The van der Waals surface area contributed by atoms with Crippen LogP contribution in [0.5, 0.6) is 0 Å². The Hall–Kier alpha value is -6.30. The molecule has 4 atom stereocenters. The van der Waals surface area contributed by atoms with Crippen molar-refractivity contribution in [3.8, 4) is 17.1 Å². The number of piperidine rings is 1. The third-order valence-corrected chi connectivity index (χ3v) is 12.6. The lowest BCUT2D eigenvalue weighted by Crippen LogP contribution is -2.79. The van der Waals surface area contributed by atoms with Gasteiger partial charge in [0.2, 0.25) is 17.8 Å². The molecule has 5 aliphatic rings. The smallest absolute Gasteiger partial charge is 0.248 e. The van der Waals surface area contributed by atoms with Gasteiger partial charge in [-0.1, -0.05) is 13.0 Å². The predicted octanol–water partition coefficient (Wildman–Crippen LogP) is 4.69. The van der Waals surface area contributed by atoms with E-state index in [1.54, 1.807) is 25.3 Å². The van der Waals surface area contributed by atoms with Crippen molar-refractivity contribution in [2.45, 2.75) is 82.8 Å². The quantitative estimate of drug-likeness (QED) is 0.248. The van der Waals surface area contributed by atoms with Crippen LogP contribution in [0, 0.1) is 18.6 Å². The molecule has 2 amide bonds. The number of methoxy groups -OCH3 is 1. The highest BCUT2D eigenvalue weighted by Gasteiger charge is 2.62. The van der Waals surface area contributed by atoms with Crippen LogP contribution in [0.1, 0.15) is 45.4 Å². The number of hydrogen-bond acceptors (Lipinski definition) is 12. The average molecular weight is 818 g/mol. The number of hydrogen-bond donors (Lipinski definition) is 1. The molecule has 60 heavy (non-hydrogen) atoms. The van der Waals surface area contributed by atoms with Crippen molar-refractivity contribution in [1.29, 1.82) is 0 Å². The summed E-state index contributed by atoms with van der Waals surface area (Å²) in [5.74, 6) is 0.162. The zero-order valence-corrected chi connectivity index (χ0v) is 34.0. The van der Waals surface area contributed by atoms with Crippen LogP contribution in [0.25, 0.3) is 39.1 Å². The van der Waals surface area contributed by atoms with Crippen molar-refractivity contribution in [2.24, 2.45) is 0 Å². The van der Waals surface area contributed by atoms with Gasteiger partial charge >= 0.3 is 0 Å². The molecule has 1 N–H and O–H groups in total. The molecular formula is C42H45F2N13O3. The fraction of sp³-hybridized carbons (Fsp3) is 0.429. The topological polar surface area (TPSA) is 156 Å². The second-order valence-electron chi connectivity index (χ2n) is 16.4. The molecule has 5 aromatic heterocycles. The highest BCUT2D eigenvalue weighted by atomic mass is 19.1. The number of nitrogens with zero attached hydrogens (tertiary/aromatic N) is 12. The van der Waals surface area contributed by atoms with Crippen molar-refractivity contribution >= 4 is 51.5 Å². The number of carbonyl (C=O) groups is 2. The van der Waals surface area contributed by atoms with Gasteiger partial charge in [0.15, 0.2) is 11.5 Å². The van der Waals surface area contributed by atoms with Crippen LogP contribution < -0.4 is 15.1 Å². The van der Waals surface area contributed by atoms with Gasteiger partial charge in [0.1, 0.15) is 46.2 Å². The molecule has 6 aromatic rings. The van der Waals surface area contributed by atoms with Crippen molar-refractivity contribution in [3.63, 3.8) is 0 Å². The first-order valence-corrected chi connectivity index (χ1v) is 20.4. The van der Waals surface area contributed by atoms with Gasteiger partial charge in [0.25, 0.3) is 0 Å². The fourth-order valence-electron chi connectivity index (χ4n) is 9.38. The summed E-state index contributed by atoms with van der Waals surface area (Å²) in [6.07, 6.45) is 5.82. The number of halogens is 2. The number of aryl methyl sites for hydroxylation is 1. The Morgan fingerprint density at radius 2 is 1.82 bits per heavy atom. The maximum atomic E-state index is 15.5. The maximum absolute atomic E-state index is 15.5. The van der Waals surface area contributed by atoms with Gasteiger partial charge in [-0.2, -0.15) is 15.1 Å². The molecule has 16 nitrogen and oxygen atoms in total. The molecular weight excluding hydrogens is 773 g/mol. The van der Waals surface area contributed by atoms with E-state index in [0.29, 0.717) is 54.3 Å². The van der Waals surface area contributed by atoms with E-state index >= 15 is 4.39 Å². The monoisotopic (exact) mass is 817 g/mol. The van der Waals surface area contributed by atoms with Crippen molar-refractivity contribution in [1.82, 2.24) is 49.1 Å². The number of ether oxygens (including phenoxy) is 1. The molecule has 0 radical (unpaired) electrons. The number of carbonyl (C=O) groups excluding carboxylic acids is 2. The zero-order valence-electron chi connectivity index (χ0n) is 34.0. The number of pyridine rings is 2. The molecule has 1 aromatic carbocycles. The van der Waals surface area contributed by atoms with Crippen LogP contribution in [0.4, 0.5) is 26.4 Å². The summed E-state index contributed by atoms with van der Waals surface area (Å²) in [5, 5.41) is 8.47. The van der Waals surface area contributed by atoms with E-state index in [9.17, 15) is 14.0 Å². The van der Waals surface area contributed by atoms with E-state index in [-0.39, 0.29) is 54.4 Å². The molecule has 18 heteroatoms. The van der Waals surface area contributed by atoms with Crippen LogP contribution in [0.15, 0.2) is 54.9 Å². The Morgan fingerprint density at radius 1 is 0.983 bits per heavy atom. The molecule has 0 unspecified atom stereocenters. The van der Waals surface area contributed by atoms with E-state index in [1.807, 2.05) is 59.7 Å². The molecule has 1 saturated carbocycles. The van der Waals surface area contributed by atoms with Gasteiger partial charge in [0.05, 0.1) is 53.7 Å². The number of anilines is 3. The number of piperazine rings is 1. The van der Waals surface area contributed by atoms with E-state index in [4.69, 9.17) is 29.7 Å². The maximum Gasteiger partial charge on any atom is 0.248 e. The Kier molecular flexibility index (Phi) is 8.96. The van der Waals surface area contributed by atoms with Crippen LogP contribution in [0.3, 0.4) is 0 Å². The zero-order chi connectivity index (χ0) is 41.6. The third kappa shape index (κ3) is 6.01. The van der Waals surface area contributed by atoms with E-state index in [0.717, 1.165) is 41.8 Å². The molecule has 310 valence electrons. The summed E-state index contributed by atoms with van der Waals surface area (Å²) in [6, 6.07) is 10.2. The number of likely N-dealkylation sites (N-methyl/N-ethyl adjacent to an activating group) is 1. The lowest BCUT2D eigenvalue weighted by Gasteiger charge is -2.62. The fourth-order valence-corrected chi connectivity index (χ4v) is 9.38. The first kappa shape index (κ1) is 37.9. The van der Waals surface area contributed by atoms with E-state index < -0.39 is 29.3 Å². The van der Waals surface area contributed by atoms with Crippen LogP contribution in [-0.4, -0.2) is 125 Å². The minimum absolute atomic E-state index is 0.0165. The minimum Gasteiger partial charge on any atom is -0.378 e. The minimum atomic E-state index is -0.902. The Labute approximate surface area is 344 Å². The molecule has 11 rings (SSSR count). The van der Waals surface area contributed by atoms with Crippen molar-refractivity contribution in [2.75, 3.05) is 49.0 Å². The van der Waals surface area contributed by atoms with Gasteiger partial charge in [-0.3, -0.25) is 14.6 Å². The number of benzene rings is 1. The average Bonchev–Trinajstić information content (AvgIpc) is 3.92. The van der Waals surface area contributed by atoms with E-state index in [2.05, 4.69) is 15.0 Å². The summed E-state index contributed by atoms with van der Waals surface area (Å²) in [7, 11) is 3.39. The molecule has 4 fully saturated rings. The number of aromatic nitrogens is 8. The molecule has 9 heterocycles. The number of fused-ring (bicyclic) bond motifs is 6. The first-order valence-electron chi connectivity index (χ1n) is 20.4. The molecule has 1 aliphatic carbocycles. The number of nitrogens with one attached hydrogen (secondary N) is 1. The van der Waals surface area contributed by atoms with Crippen molar-refractivity contribution in [3.05, 3.63) is 72.3 Å². The summed E-state index contributed by atoms with van der Waals surface area (Å²) in [4.78, 5) is 61.2. The number of rotatable bonds is 6. The second-order valence-corrected chi connectivity index (χ2v) is 16.4. The van der Waals surface area contributed by atoms with Crippen molar-refractivity contribution < 1.29 is 23.1 Å². The number of imidazole rings is 1. The normalized spacial score (nSPS) is 23.5. The standard InChI is InChI=1S/C42H45F2N13O3/c1-6-32-39(58)52(4)20-27(60-5)21-53-23(2)48-31-14-15-45-35(36(31)53)30-8-7-9-34(49-30)46-22-55(32)37-28-18-47-57(33-13-10-24(43)16-29(33)44)38(28)51-41(50-37)56-26-17-42(56,3)40(59)54(19-26)25-11-12-25/h7-10,13-16,18,25-27,32H,6,11-12,17,19-22H2,1-5H3,(H,46,49)/t26-,27-,32-,42+/m0/s1. The first-order chi connectivity index (χ1) is 29.0. The molecule has 3 saturated heterocycles. The molecule has 0 spiro atoms. The second kappa shape index (κ2) is 14.2. The van der Waals surface area contributed by atoms with Crippen LogP contribution in [-0.2, 0) is 20.9 Å².